The molecule has 0 radical (unpaired) electrons. The summed E-state index contributed by atoms with van der Waals surface area (Å²) in [6.07, 6.45) is 1.37. The van der Waals surface area contributed by atoms with Crippen molar-refractivity contribution in [3.8, 4) is 5.75 Å². The van der Waals surface area contributed by atoms with Crippen LogP contribution in [-0.4, -0.2) is 45.0 Å². The molecule has 254 valence electrons. The summed E-state index contributed by atoms with van der Waals surface area (Å²) in [5.74, 6) is -3.81. The molecule has 14 heteroatoms. The van der Waals surface area contributed by atoms with Crippen LogP contribution in [0.4, 0.5) is 37.2 Å². The van der Waals surface area contributed by atoms with Gasteiger partial charge < -0.3 is 26.0 Å². The van der Waals surface area contributed by atoms with Crippen molar-refractivity contribution in [2.45, 2.75) is 31.8 Å². The van der Waals surface area contributed by atoms with E-state index >= 15 is 0 Å². The third-order valence-electron chi connectivity index (χ3n) is 7.34. The normalized spacial score (nSPS) is 11.4. The summed E-state index contributed by atoms with van der Waals surface area (Å²) < 4.78 is 35.2. The fourth-order valence-corrected chi connectivity index (χ4v) is 4.69. The number of rotatable bonds is 17. The number of carbonyl (C=O) groups excluding carboxylic acids is 2. The SMILES string of the molecule is CN(C)c1ccc(N=Nc2ccc(NCc3cc(F)c(OCC(=O)[C@H](CCCCN)NC(=O)c4cccc(N=[N+]=[N-])c4)c(F)c3)cc2)cc1. The van der Waals surface area contributed by atoms with E-state index in [1.54, 1.807) is 24.3 Å². The number of halogens is 2. The first-order valence-electron chi connectivity index (χ1n) is 15.5. The standard InChI is InChI=1S/C35H37F2N9O3/c1-46(2)29-15-13-27(14-16-29)43-42-26-11-9-25(10-12-26)40-21-23-18-30(36)34(31(37)19-23)49-22-33(47)32(8-3-4-17-38)41-35(48)24-6-5-7-28(20-24)44-45-39/h5-7,9-16,18-20,32,40H,3-4,8,17,21-22,38H2,1-2H3,(H,41,48)/t32-/m0/s1. The van der Waals surface area contributed by atoms with Gasteiger partial charge in [0.25, 0.3) is 5.91 Å². The summed E-state index contributed by atoms with van der Waals surface area (Å²) in [4.78, 5) is 30.6. The van der Waals surface area contributed by atoms with Gasteiger partial charge in [-0.2, -0.15) is 10.2 Å². The molecule has 0 unspecified atom stereocenters. The molecule has 4 rings (SSSR count). The van der Waals surface area contributed by atoms with Crippen LogP contribution in [-0.2, 0) is 11.3 Å². The van der Waals surface area contributed by atoms with Crippen molar-refractivity contribution in [1.82, 2.24) is 5.32 Å². The van der Waals surface area contributed by atoms with Gasteiger partial charge in [0.15, 0.2) is 23.2 Å². The average molecular weight is 670 g/mol. The van der Waals surface area contributed by atoms with E-state index in [1.165, 1.54) is 24.3 Å². The van der Waals surface area contributed by atoms with Crippen molar-refractivity contribution in [3.63, 3.8) is 0 Å². The number of azide groups is 1. The Labute approximate surface area is 282 Å². The van der Waals surface area contributed by atoms with Gasteiger partial charge in [-0.05, 0) is 110 Å². The van der Waals surface area contributed by atoms with Crippen molar-refractivity contribution in [2.24, 2.45) is 21.1 Å². The maximum absolute atomic E-state index is 15.0. The van der Waals surface area contributed by atoms with Crippen molar-refractivity contribution in [3.05, 3.63) is 118 Å². The van der Waals surface area contributed by atoms with E-state index in [9.17, 15) is 18.4 Å². The van der Waals surface area contributed by atoms with E-state index in [0.29, 0.717) is 42.0 Å². The number of carbonyl (C=O) groups is 2. The zero-order valence-electron chi connectivity index (χ0n) is 27.1. The molecule has 0 fully saturated rings. The molecule has 0 aliphatic rings. The first-order valence-corrected chi connectivity index (χ1v) is 15.5. The molecule has 0 heterocycles. The van der Waals surface area contributed by atoms with E-state index in [-0.39, 0.29) is 24.2 Å². The lowest BCUT2D eigenvalue weighted by Gasteiger charge is -2.18. The molecule has 0 saturated carbocycles. The quantitative estimate of drug-likeness (QED) is 0.0447. The number of Topliss-reactive ketones (excluding diaryl/α,β-unsaturated/α-hetero) is 1. The Morgan fingerprint density at radius 1 is 0.918 bits per heavy atom. The van der Waals surface area contributed by atoms with E-state index in [2.05, 4.69) is 30.9 Å². The van der Waals surface area contributed by atoms with Gasteiger partial charge in [0.2, 0.25) is 0 Å². The van der Waals surface area contributed by atoms with Gasteiger partial charge >= 0.3 is 0 Å². The smallest absolute Gasteiger partial charge is 0.251 e. The first kappa shape index (κ1) is 36.0. The van der Waals surface area contributed by atoms with Gasteiger partial charge in [-0.25, -0.2) is 8.78 Å². The van der Waals surface area contributed by atoms with Crippen molar-refractivity contribution >= 4 is 40.1 Å². The van der Waals surface area contributed by atoms with E-state index in [1.807, 2.05) is 43.3 Å². The molecule has 0 aliphatic carbocycles. The predicted octanol–water partition coefficient (Wildman–Crippen LogP) is 7.88. The number of nitrogens with zero attached hydrogens (tertiary/aromatic N) is 6. The van der Waals surface area contributed by atoms with Crippen LogP contribution in [0.25, 0.3) is 10.4 Å². The van der Waals surface area contributed by atoms with Crippen LogP contribution >= 0.6 is 0 Å². The highest BCUT2D eigenvalue weighted by Crippen LogP contribution is 2.26. The molecular weight excluding hydrogens is 632 g/mol. The monoisotopic (exact) mass is 669 g/mol. The lowest BCUT2D eigenvalue weighted by molar-refractivity contribution is -0.123. The summed E-state index contributed by atoms with van der Waals surface area (Å²) in [6, 6.07) is 21.9. The van der Waals surface area contributed by atoms with Crippen LogP contribution in [0.2, 0.25) is 0 Å². The third-order valence-corrected chi connectivity index (χ3v) is 7.34. The number of ether oxygens (including phenoxy) is 1. The number of nitrogens with one attached hydrogen (secondary N) is 2. The first-order chi connectivity index (χ1) is 23.7. The molecular formula is C35H37F2N9O3. The molecule has 4 aromatic rings. The van der Waals surface area contributed by atoms with Gasteiger partial charge in [0.1, 0.15) is 6.61 Å². The molecule has 0 spiro atoms. The number of azo groups is 1. The highest BCUT2D eigenvalue weighted by Gasteiger charge is 2.23. The number of nitrogens with two attached hydrogens (primary N) is 1. The molecule has 4 N–H and O–H groups in total. The van der Waals surface area contributed by atoms with Crippen LogP contribution in [0.15, 0.2) is 100 Å². The second kappa shape index (κ2) is 17.9. The Kier molecular flexibility index (Phi) is 13.1. The van der Waals surface area contributed by atoms with Crippen LogP contribution in [0.1, 0.15) is 35.2 Å². The number of hydrogen-bond donors (Lipinski definition) is 3. The highest BCUT2D eigenvalue weighted by molar-refractivity contribution is 5.98. The number of anilines is 2. The Morgan fingerprint density at radius 2 is 1.57 bits per heavy atom. The molecule has 49 heavy (non-hydrogen) atoms. The van der Waals surface area contributed by atoms with Crippen molar-refractivity contribution in [2.75, 3.05) is 37.5 Å². The molecule has 1 atom stereocenters. The van der Waals surface area contributed by atoms with Crippen LogP contribution in [0.5, 0.6) is 5.75 Å². The Morgan fingerprint density at radius 3 is 2.18 bits per heavy atom. The second-order valence-electron chi connectivity index (χ2n) is 11.2. The summed E-state index contributed by atoms with van der Waals surface area (Å²) in [6.45, 7) is -0.174. The number of hydrogen-bond acceptors (Lipinski definition) is 9. The highest BCUT2D eigenvalue weighted by atomic mass is 19.1. The van der Waals surface area contributed by atoms with E-state index in [0.717, 1.165) is 17.8 Å². The van der Waals surface area contributed by atoms with E-state index in [4.69, 9.17) is 16.0 Å². The number of unbranched alkanes of at least 4 members (excludes halogenated alkanes) is 1. The maximum atomic E-state index is 15.0. The van der Waals surface area contributed by atoms with Gasteiger partial charge in [0, 0.05) is 48.2 Å². The molecule has 12 nitrogen and oxygen atoms in total. The Balaban J connectivity index is 1.33. The van der Waals surface area contributed by atoms with Gasteiger partial charge in [-0.3, -0.25) is 9.59 Å². The Hall–Kier alpha value is -5.85. The predicted molar refractivity (Wildman–Crippen MR) is 185 cm³/mol. The van der Waals surface area contributed by atoms with Gasteiger partial charge in [-0.1, -0.05) is 17.2 Å². The van der Waals surface area contributed by atoms with Crippen molar-refractivity contribution < 1.29 is 23.1 Å². The van der Waals surface area contributed by atoms with Gasteiger partial charge in [-0.15, -0.1) is 0 Å². The lowest BCUT2D eigenvalue weighted by atomic mass is 10.0. The minimum atomic E-state index is -1.00. The Bertz CT molecular complexity index is 1790. The number of benzene rings is 4. The summed E-state index contributed by atoms with van der Waals surface area (Å²) >= 11 is 0. The zero-order chi connectivity index (χ0) is 35.2. The summed E-state index contributed by atoms with van der Waals surface area (Å²) in [5.41, 5.74) is 18.1. The van der Waals surface area contributed by atoms with Crippen molar-refractivity contribution in [1.29, 1.82) is 0 Å². The molecule has 0 aliphatic heterocycles. The topological polar surface area (TPSA) is 170 Å². The minimum Gasteiger partial charge on any atom is -0.480 e. The number of ketones is 1. The largest absolute Gasteiger partial charge is 0.480 e. The molecule has 0 saturated heterocycles. The molecule has 0 bridgehead atoms. The fraction of sp³-hybridized carbons (Fsp3) is 0.257. The molecule has 4 aromatic carbocycles. The zero-order valence-corrected chi connectivity index (χ0v) is 27.1. The van der Waals surface area contributed by atoms with Crippen LogP contribution in [0, 0.1) is 11.6 Å². The fourth-order valence-electron chi connectivity index (χ4n) is 4.69. The maximum Gasteiger partial charge on any atom is 0.251 e. The number of amides is 1. The summed E-state index contributed by atoms with van der Waals surface area (Å²) in [5, 5.41) is 17.7. The molecule has 0 aromatic heterocycles. The van der Waals surface area contributed by atoms with Gasteiger partial charge in [0.05, 0.1) is 17.4 Å². The third kappa shape index (κ3) is 10.8. The minimum absolute atomic E-state index is 0.113. The van der Waals surface area contributed by atoms with E-state index < -0.39 is 41.7 Å². The lowest BCUT2D eigenvalue weighted by Crippen LogP contribution is -2.43. The summed E-state index contributed by atoms with van der Waals surface area (Å²) in [7, 11) is 3.92. The average Bonchev–Trinajstić information content (AvgIpc) is 3.10. The second-order valence-corrected chi connectivity index (χ2v) is 11.2. The van der Waals surface area contributed by atoms with Crippen LogP contribution in [0.3, 0.4) is 0 Å². The molecule has 1 amide bonds. The van der Waals surface area contributed by atoms with Crippen LogP contribution < -0.4 is 26.0 Å².